The van der Waals surface area contributed by atoms with Gasteiger partial charge in [-0.2, -0.15) is 0 Å². The van der Waals surface area contributed by atoms with Crippen LogP contribution < -0.4 is 10.2 Å². The van der Waals surface area contributed by atoms with E-state index in [4.69, 9.17) is 14.3 Å². The van der Waals surface area contributed by atoms with E-state index in [1.165, 1.54) is 6.26 Å². The number of aliphatic hydroxyl groups is 2. The maximum Gasteiger partial charge on any atom is 0.200 e. The highest BCUT2D eigenvalue weighted by Gasteiger charge is 2.10. The van der Waals surface area contributed by atoms with Crippen LogP contribution in [0.5, 0.6) is 5.75 Å². The number of hydrogen-bond acceptors (Lipinski definition) is 5. The van der Waals surface area contributed by atoms with Gasteiger partial charge in [-0.05, 0) is 17.7 Å². The molecule has 5 heteroatoms. The lowest BCUT2D eigenvalue weighted by molar-refractivity contribution is 0.0536. The van der Waals surface area contributed by atoms with Crippen molar-refractivity contribution >= 4 is 11.0 Å². The minimum Gasteiger partial charge on any atom is -0.491 e. The molecule has 0 aliphatic rings. The Morgan fingerprint density at radius 3 is 2.65 bits per heavy atom. The van der Waals surface area contributed by atoms with Gasteiger partial charge in [-0.15, -0.1) is 0 Å². The van der Waals surface area contributed by atoms with Gasteiger partial charge in [-0.1, -0.05) is 30.3 Å². The summed E-state index contributed by atoms with van der Waals surface area (Å²) in [6, 6.07) is 14.2. The molecular formula is C18H16O5. The third-order valence-electron chi connectivity index (χ3n) is 3.48. The number of benzene rings is 2. The summed E-state index contributed by atoms with van der Waals surface area (Å²) < 4.78 is 10.9. The van der Waals surface area contributed by atoms with Crippen LogP contribution in [0.4, 0.5) is 0 Å². The highest BCUT2D eigenvalue weighted by molar-refractivity contribution is 5.82. The van der Waals surface area contributed by atoms with E-state index in [1.54, 1.807) is 18.2 Å². The maximum atomic E-state index is 12.6. The maximum absolute atomic E-state index is 12.6. The standard InChI is InChI=1S/C18H16O5/c19-9-13(20)10-22-14-6-7-15-17(8-14)23-11-16(18(15)21)12-4-2-1-3-5-12/h1-8,11,13,19-20H,9-10H2. The summed E-state index contributed by atoms with van der Waals surface area (Å²) in [6.07, 6.45) is 0.491. The Bertz CT molecular complexity index is 854. The Hall–Kier alpha value is -2.63. The van der Waals surface area contributed by atoms with Crippen molar-refractivity contribution in [2.24, 2.45) is 0 Å². The Balaban J connectivity index is 1.95. The zero-order valence-electron chi connectivity index (χ0n) is 12.3. The fraction of sp³-hybridized carbons (Fsp3) is 0.167. The van der Waals surface area contributed by atoms with E-state index >= 15 is 0 Å². The predicted molar refractivity (Wildman–Crippen MR) is 86.5 cm³/mol. The van der Waals surface area contributed by atoms with Gasteiger partial charge < -0.3 is 19.4 Å². The number of fused-ring (bicyclic) bond motifs is 1. The van der Waals surface area contributed by atoms with Crippen LogP contribution in [0.25, 0.3) is 22.1 Å². The Labute approximate surface area is 132 Å². The Morgan fingerprint density at radius 1 is 1.13 bits per heavy atom. The highest BCUT2D eigenvalue weighted by Crippen LogP contribution is 2.23. The van der Waals surface area contributed by atoms with Crippen molar-refractivity contribution in [3.05, 3.63) is 65.0 Å². The van der Waals surface area contributed by atoms with E-state index in [-0.39, 0.29) is 18.6 Å². The molecule has 0 saturated heterocycles. The molecule has 3 aromatic rings. The Kier molecular flexibility index (Phi) is 4.41. The minimum atomic E-state index is -0.946. The first-order chi connectivity index (χ1) is 11.2. The van der Waals surface area contributed by atoms with Gasteiger partial charge in [0.25, 0.3) is 0 Å². The zero-order valence-corrected chi connectivity index (χ0v) is 12.3. The van der Waals surface area contributed by atoms with Crippen molar-refractivity contribution in [2.75, 3.05) is 13.2 Å². The van der Waals surface area contributed by atoms with Crippen molar-refractivity contribution in [3.63, 3.8) is 0 Å². The summed E-state index contributed by atoms with van der Waals surface area (Å²) in [5.41, 5.74) is 1.60. The molecule has 0 aliphatic heterocycles. The summed E-state index contributed by atoms with van der Waals surface area (Å²) in [5.74, 6) is 0.459. The first kappa shape index (κ1) is 15.3. The molecule has 2 aromatic carbocycles. The van der Waals surface area contributed by atoms with Gasteiger partial charge in [0.15, 0.2) is 5.43 Å². The molecule has 5 nitrogen and oxygen atoms in total. The van der Waals surface area contributed by atoms with Crippen molar-refractivity contribution in [2.45, 2.75) is 6.10 Å². The van der Waals surface area contributed by atoms with E-state index in [2.05, 4.69) is 0 Å². The van der Waals surface area contributed by atoms with E-state index < -0.39 is 6.10 Å². The normalized spacial score (nSPS) is 12.3. The molecular weight excluding hydrogens is 296 g/mol. The minimum absolute atomic E-state index is 0.0334. The fourth-order valence-electron chi connectivity index (χ4n) is 2.26. The van der Waals surface area contributed by atoms with Gasteiger partial charge in [-0.25, -0.2) is 0 Å². The van der Waals surface area contributed by atoms with Gasteiger partial charge in [0, 0.05) is 6.07 Å². The third-order valence-corrected chi connectivity index (χ3v) is 3.48. The van der Waals surface area contributed by atoms with Crippen LogP contribution in [-0.2, 0) is 0 Å². The first-order valence-electron chi connectivity index (χ1n) is 7.22. The molecule has 1 aromatic heterocycles. The molecule has 0 saturated carbocycles. The largest absolute Gasteiger partial charge is 0.491 e. The molecule has 0 amide bonds. The van der Waals surface area contributed by atoms with Crippen molar-refractivity contribution in [1.29, 1.82) is 0 Å². The Morgan fingerprint density at radius 2 is 1.91 bits per heavy atom. The lowest BCUT2D eigenvalue weighted by Crippen LogP contribution is -2.21. The molecule has 1 heterocycles. The second kappa shape index (κ2) is 6.64. The second-order valence-corrected chi connectivity index (χ2v) is 5.15. The number of rotatable bonds is 5. The molecule has 118 valence electrons. The summed E-state index contributed by atoms with van der Waals surface area (Å²) in [4.78, 5) is 12.6. The average Bonchev–Trinajstić information content (AvgIpc) is 2.60. The summed E-state index contributed by atoms with van der Waals surface area (Å²) in [5, 5.41) is 18.5. The van der Waals surface area contributed by atoms with E-state index in [0.29, 0.717) is 22.3 Å². The van der Waals surface area contributed by atoms with Gasteiger partial charge >= 0.3 is 0 Å². The summed E-state index contributed by atoms with van der Waals surface area (Å²) >= 11 is 0. The lowest BCUT2D eigenvalue weighted by Gasteiger charge is -2.10. The first-order valence-corrected chi connectivity index (χ1v) is 7.22. The van der Waals surface area contributed by atoms with Crippen LogP contribution >= 0.6 is 0 Å². The number of hydrogen-bond donors (Lipinski definition) is 2. The van der Waals surface area contributed by atoms with Crippen LogP contribution in [-0.4, -0.2) is 29.5 Å². The zero-order chi connectivity index (χ0) is 16.2. The average molecular weight is 312 g/mol. The monoisotopic (exact) mass is 312 g/mol. The topological polar surface area (TPSA) is 79.9 Å². The fourth-order valence-corrected chi connectivity index (χ4v) is 2.26. The van der Waals surface area contributed by atoms with Gasteiger partial charge in [0.05, 0.1) is 17.6 Å². The van der Waals surface area contributed by atoms with Gasteiger partial charge in [0.2, 0.25) is 0 Å². The molecule has 23 heavy (non-hydrogen) atoms. The molecule has 0 aliphatic carbocycles. The van der Waals surface area contributed by atoms with Gasteiger partial charge in [-0.3, -0.25) is 4.79 Å². The van der Waals surface area contributed by atoms with Crippen LogP contribution in [0.1, 0.15) is 0 Å². The lowest BCUT2D eigenvalue weighted by atomic mass is 10.1. The SMILES string of the molecule is O=c1c(-c2ccccc2)coc2cc(OCC(O)CO)ccc12. The molecule has 1 unspecified atom stereocenters. The number of ether oxygens (including phenoxy) is 1. The predicted octanol–water partition coefficient (Wildman–Crippen LogP) is 2.19. The highest BCUT2D eigenvalue weighted by atomic mass is 16.5. The molecule has 1 atom stereocenters. The van der Waals surface area contributed by atoms with Crippen molar-refractivity contribution in [3.8, 4) is 16.9 Å². The van der Waals surface area contributed by atoms with Crippen LogP contribution in [0.3, 0.4) is 0 Å². The van der Waals surface area contributed by atoms with E-state index in [9.17, 15) is 9.90 Å². The second-order valence-electron chi connectivity index (χ2n) is 5.15. The smallest absolute Gasteiger partial charge is 0.200 e. The molecule has 3 rings (SSSR count). The molecule has 2 N–H and O–H groups in total. The van der Waals surface area contributed by atoms with Gasteiger partial charge in [0.1, 0.15) is 30.3 Å². The van der Waals surface area contributed by atoms with Crippen LogP contribution in [0.15, 0.2) is 64.0 Å². The van der Waals surface area contributed by atoms with Crippen LogP contribution in [0, 0.1) is 0 Å². The molecule has 0 spiro atoms. The summed E-state index contributed by atoms with van der Waals surface area (Å²) in [7, 11) is 0. The van der Waals surface area contributed by atoms with Crippen molar-refractivity contribution < 1.29 is 19.4 Å². The van der Waals surface area contributed by atoms with E-state index in [1.807, 2.05) is 30.3 Å². The van der Waals surface area contributed by atoms with Crippen LogP contribution in [0.2, 0.25) is 0 Å². The van der Waals surface area contributed by atoms with E-state index in [0.717, 1.165) is 5.56 Å². The quantitative estimate of drug-likeness (QED) is 0.755. The molecule has 0 bridgehead atoms. The summed E-state index contributed by atoms with van der Waals surface area (Å²) in [6.45, 7) is -0.405. The van der Waals surface area contributed by atoms with Crippen molar-refractivity contribution in [1.82, 2.24) is 0 Å². The third kappa shape index (κ3) is 3.26. The molecule has 0 fully saturated rings. The molecule has 0 radical (unpaired) electrons. The number of aliphatic hydroxyl groups excluding tert-OH is 2.